The maximum Gasteiger partial charge on any atom is 0.325 e. The van der Waals surface area contributed by atoms with Crippen LogP contribution in [0.25, 0.3) is 11.1 Å². The Labute approximate surface area is 250 Å². The first-order chi connectivity index (χ1) is 20.5. The summed E-state index contributed by atoms with van der Waals surface area (Å²) in [5.41, 5.74) is 5.63. The van der Waals surface area contributed by atoms with Gasteiger partial charge in [-0.3, -0.25) is 4.79 Å². The average molecular weight is 595 g/mol. The zero-order valence-electron chi connectivity index (χ0n) is 23.7. The number of urea groups is 1. The molecule has 1 fully saturated rings. The summed E-state index contributed by atoms with van der Waals surface area (Å²) in [6.07, 6.45) is -0.121. The third-order valence-corrected chi connectivity index (χ3v) is 7.80. The van der Waals surface area contributed by atoms with Gasteiger partial charge in [0.05, 0.1) is 32.0 Å². The SMILES string of the molecule is CCOC(=O)CNC(=O)NCc1cccc(-c2cccc(C3OC(CSCCO)CC(c4ccc(CO)cc4)O3)c2)c1. The summed E-state index contributed by atoms with van der Waals surface area (Å²) in [5.74, 6) is 0.907. The maximum absolute atomic E-state index is 12.1. The first-order valence-corrected chi connectivity index (χ1v) is 15.2. The van der Waals surface area contributed by atoms with Crippen molar-refractivity contribution in [3.8, 4) is 11.1 Å². The predicted molar refractivity (Wildman–Crippen MR) is 162 cm³/mol. The smallest absolute Gasteiger partial charge is 0.325 e. The molecule has 9 nitrogen and oxygen atoms in total. The van der Waals surface area contributed by atoms with Crippen LogP contribution in [0.5, 0.6) is 0 Å². The van der Waals surface area contributed by atoms with E-state index in [1.165, 1.54) is 0 Å². The van der Waals surface area contributed by atoms with E-state index >= 15 is 0 Å². The molecule has 4 rings (SSSR count). The van der Waals surface area contributed by atoms with Crippen molar-refractivity contribution >= 4 is 23.8 Å². The van der Waals surface area contributed by atoms with Gasteiger partial charge in [0.25, 0.3) is 0 Å². The summed E-state index contributed by atoms with van der Waals surface area (Å²) in [5, 5.41) is 23.9. The molecule has 3 atom stereocenters. The van der Waals surface area contributed by atoms with Gasteiger partial charge in [-0.25, -0.2) is 4.79 Å². The van der Waals surface area contributed by atoms with Crippen molar-refractivity contribution in [2.75, 3.05) is 31.3 Å². The van der Waals surface area contributed by atoms with Crippen LogP contribution in [0.4, 0.5) is 4.79 Å². The Kier molecular flexibility index (Phi) is 12.2. The monoisotopic (exact) mass is 594 g/mol. The number of carbonyl (C=O) groups is 2. The van der Waals surface area contributed by atoms with Gasteiger partial charge < -0.3 is 35.1 Å². The standard InChI is InChI=1S/C32H38N2O7S/c1-2-39-30(37)19-34-32(38)33-18-23-5-3-6-25(15-23)26-7-4-8-27(16-26)31-40-28(21-42-14-13-35)17-29(41-31)24-11-9-22(20-36)10-12-24/h3-12,15-16,28-29,31,35-36H,2,13-14,17-21H2,1H3,(H2,33,34,38). The van der Waals surface area contributed by atoms with E-state index in [2.05, 4.69) is 16.7 Å². The molecule has 42 heavy (non-hydrogen) atoms. The Morgan fingerprint density at radius 1 is 0.929 bits per heavy atom. The Morgan fingerprint density at radius 3 is 2.43 bits per heavy atom. The minimum absolute atomic E-state index is 0.00923. The molecule has 224 valence electrons. The van der Waals surface area contributed by atoms with E-state index in [0.717, 1.165) is 39.1 Å². The lowest BCUT2D eigenvalue weighted by Gasteiger charge is -2.36. The first-order valence-electron chi connectivity index (χ1n) is 14.0. The summed E-state index contributed by atoms with van der Waals surface area (Å²) < 4.78 is 17.7. The number of amides is 2. The zero-order chi connectivity index (χ0) is 29.7. The van der Waals surface area contributed by atoms with E-state index in [4.69, 9.17) is 14.2 Å². The molecule has 0 radical (unpaired) electrons. The number of hydrogen-bond donors (Lipinski definition) is 4. The molecule has 1 heterocycles. The lowest BCUT2D eigenvalue weighted by Crippen LogP contribution is -2.38. The van der Waals surface area contributed by atoms with Crippen LogP contribution < -0.4 is 10.6 Å². The fourth-order valence-electron chi connectivity index (χ4n) is 4.64. The highest BCUT2D eigenvalue weighted by atomic mass is 32.2. The second-order valence-electron chi connectivity index (χ2n) is 9.82. The maximum atomic E-state index is 12.1. The molecule has 3 aromatic carbocycles. The quantitative estimate of drug-likeness (QED) is 0.169. The van der Waals surface area contributed by atoms with Crippen molar-refractivity contribution in [3.63, 3.8) is 0 Å². The molecule has 1 aliphatic rings. The second-order valence-corrected chi connectivity index (χ2v) is 11.0. The molecule has 4 N–H and O–H groups in total. The topological polar surface area (TPSA) is 126 Å². The average Bonchev–Trinajstić information content (AvgIpc) is 3.03. The number of ether oxygens (including phenoxy) is 3. The lowest BCUT2D eigenvalue weighted by molar-refractivity contribution is -0.245. The summed E-state index contributed by atoms with van der Waals surface area (Å²) in [6.45, 7) is 2.19. The molecule has 1 saturated heterocycles. The van der Waals surface area contributed by atoms with Crippen molar-refractivity contribution in [1.29, 1.82) is 0 Å². The molecule has 3 aromatic rings. The molecule has 0 spiro atoms. The molecule has 0 bridgehead atoms. The van der Waals surface area contributed by atoms with Crippen LogP contribution in [0.3, 0.4) is 0 Å². The van der Waals surface area contributed by atoms with Crippen LogP contribution in [0, 0.1) is 0 Å². The molecule has 0 aromatic heterocycles. The van der Waals surface area contributed by atoms with E-state index in [1.807, 2.05) is 66.7 Å². The van der Waals surface area contributed by atoms with Gasteiger partial charge in [0.1, 0.15) is 6.54 Å². The van der Waals surface area contributed by atoms with Crippen molar-refractivity contribution < 1.29 is 34.0 Å². The zero-order valence-corrected chi connectivity index (χ0v) is 24.5. The molecule has 0 saturated carbocycles. The predicted octanol–water partition coefficient (Wildman–Crippen LogP) is 4.48. The number of hydrogen-bond acceptors (Lipinski definition) is 8. The Morgan fingerprint density at radius 2 is 1.69 bits per heavy atom. The fraction of sp³-hybridized carbons (Fsp3) is 0.375. The number of rotatable bonds is 13. The molecule has 1 aliphatic heterocycles. The van der Waals surface area contributed by atoms with Crippen LogP contribution in [-0.4, -0.2) is 59.6 Å². The molecule has 0 aliphatic carbocycles. The van der Waals surface area contributed by atoms with Gasteiger partial charge in [0, 0.05) is 30.0 Å². The van der Waals surface area contributed by atoms with Crippen molar-refractivity contribution in [3.05, 3.63) is 95.1 Å². The first kappa shape index (κ1) is 31.5. The van der Waals surface area contributed by atoms with Crippen molar-refractivity contribution in [2.45, 2.75) is 45.0 Å². The van der Waals surface area contributed by atoms with Gasteiger partial charge in [0.2, 0.25) is 0 Å². The second kappa shape index (κ2) is 16.3. The molecular formula is C32H38N2O7S. The van der Waals surface area contributed by atoms with Crippen LogP contribution in [0.2, 0.25) is 0 Å². The summed E-state index contributed by atoms with van der Waals surface area (Å²) >= 11 is 1.65. The molecule has 10 heteroatoms. The van der Waals surface area contributed by atoms with E-state index in [1.54, 1.807) is 18.7 Å². The summed E-state index contributed by atoms with van der Waals surface area (Å²) in [4.78, 5) is 23.5. The molecule has 2 amide bonds. The number of carbonyl (C=O) groups excluding carboxylic acids is 2. The largest absolute Gasteiger partial charge is 0.465 e. The van der Waals surface area contributed by atoms with E-state index in [-0.39, 0.29) is 38.6 Å². The van der Waals surface area contributed by atoms with Gasteiger partial charge in [-0.15, -0.1) is 0 Å². The highest BCUT2D eigenvalue weighted by Gasteiger charge is 2.32. The third kappa shape index (κ3) is 9.30. The van der Waals surface area contributed by atoms with Crippen LogP contribution in [-0.2, 0) is 32.2 Å². The third-order valence-electron chi connectivity index (χ3n) is 6.73. The van der Waals surface area contributed by atoms with Crippen LogP contribution in [0.15, 0.2) is 72.8 Å². The minimum Gasteiger partial charge on any atom is -0.465 e. The Hall–Kier alpha value is -3.41. The van der Waals surface area contributed by atoms with E-state index < -0.39 is 18.3 Å². The minimum atomic E-state index is -0.575. The van der Waals surface area contributed by atoms with Gasteiger partial charge >= 0.3 is 12.0 Å². The van der Waals surface area contributed by atoms with Crippen LogP contribution >= 0.6 is 11.8 Å². The number of nitrogens with one attached hydrogen (secondary N) is 2. The number of esters is 1. The normalized spacial score (nSPS) is 18.3. The number of aliphatic hydroxyl groups excluding tert-OH is 2. The van der Waals surface area contributed by atoms with Crippen LogP contribution in [0.1, 0.15) is 48.0 Å². The van der Waals surface area contributed by atoms with Gasteiger partial charge in [-0.1, -0.05) is 60.7 Å². The molecular weight excluding hydrogens is 556 g/mol. The fourth-order valence-corrected chi connectivity index (χ4v) is 5.41. The van der Waals surface area contributed by atoms with Crippen molar-refractivity contribution in [2.24, 2.45) is 0 Å². The van der Waals surface area contributed by atoms with Gasteiger partial charge in [-0.05, 0) is 46.9 Å². The van der Waals surface area contributed by atoms with Gasteiger partial charge in [-0.2, -0.15) is 11.8 Å². The highest BCUT2D eigenvalue weighted by molar-refractivity contribution is 7.99. The van der Waals surface area contributed by atoms with E-state index in [9.17, 15) is 19.8 Å². The molecule has 3 unspecified atom stereocenters. The Bertz CT molecular complexity index is 1300. The highest BCUT2D eigenvalue weighted by Crippen LogP contribution is 2.39. The van der Waals surface area contributed by atoms with Crippen molar-refractivity contribution in [1.82, 2.24) is 10.6 Å². The van der Waals surface area contributed by atoms with Gasteiger partial charge in [0.15, 0.2) is 6.29 Å². The lowest BCUT2D eigenvalue weighted by atomic mass is 9.99. The number of thioether (sulfide) groups is 1. The summed E-state index contributed by atoms with van der Waals surface area (Å²) in [6, 6.07) is 23.3. The number of aliphatic hydroxyl groups is 2. The Balaban J connectivity index is 1.46. The summed E-state index contributed by atoms with van der Waals surface area (Å²) in [7, 11) is 0. The number of benzene rings is 3. The van der Waals surface area contributed by atoms with E-state index in [0.29, 0.717) is 18.7 Å².